The molecule has 2 aliphatic rings. The van der Waals surface area contributed by atoms with Gasteiger partial charge in [-0.3, -0.25) is 14.5 Å². The number of hydrogen-bond donors (Lipinski definition) is 1. The van der Waals surface area contributed by atoms with Crippen molar-refractivity contribution in [3.05, 3.63) is 0 Å². The predicted octanol–water partition coefficient (Wildman–Crippen LogP) is 0.0652. The Bertz CT molecular complexity index is 324. The van der Waals surface area contributed by atoms with Crippen molar-refractivity contribution in [2.75, 3.05) is 33.7 Å². The maximum absolute atomic E-state index is 11.7. The number of carbonyl (C=O) groups is 2. The van der Waals surface area contributed by atoms with Crippen molar-refractivity contribution in [3.63, 3.8) is 0 Å². The molecule has 0 aromatic rings. The van der Waals surface area contributed by atoms with Gasteiger partial charge in [0.25, 0.3) is 0 Å². The molecule has 5 heteroatoms. The summed E-state index contributed by atoms with van der Waals surface area (Å²) in [5.41, 5.74) is 0. The van der Waals surface area contributed by atoms with Crippen LogP contribution >= 0.6 is 0 Å². The van der Waals surface area contributed by atoms with Gasteiger partial charge in [-0.2, -0.15) is 0 Å². The molecular formula is C13H23N3O2. The molecule has 102 valence electrons. The molecule has 0 spiro atoms. The van der Waals surface area contributed by atoms with E-state index >= 15 is 0 Å². The van der Waals surface area contributed by atoms with Crippen molar-refractivity contribution in [1.82, 2.24) is 15.1 Å². The summed E-state index contributed by atoms with van der Waals surface area (Å²) in [6.45, 7) is 3.19. The summed E-state index contributed by atoms with van der Waals surface area (Å²) in [7, 11) is 3.72. The predicted molar refractivity (Wildman–Crippen MR) is 69.0 cm³/mol. The van der Waals surface area contributed by atoms with Crippen molar-refractivity contribution >= 4 is 11.8 Å². The third-order valence-electron chi connectivity index (χ3n) is 4.16. The van der Waals surface area contributed by atoms with E-state index in [9.17, 15) is 9.59 Å². The van der Waals surface area contributed by atoms with Crippen LogP contribution in [0.4, 0.5) is 0 Å². The van der Waals surface area contributed by atoms with Crippen molar-refractivity contribution in [1.29, 1.82) is 0 Å². The van der Waals surface area contributed by atoms with Gasteiger partial charge in [0.15, 0.2) is 0 Å². The number of piperidine rings is 1. The molecule has 18 heavy (non-hydrogen) atoms. The monoisotopic (exact) mass is 253 g/mol. The van der Waals surface area contributed by atoms with Crippen LogP contribution in [0.2, 0.25) is 0 Å². The average molecular weight is 253 g/mol. The molecular weight excluding hydrogens is 230 g/mol. The van der Waals surface area contributed by atoms with Crippen LogP contribution in [0.25, 0.3) is 0 Å². The van der Waals surface area contributed by atoms with E-state index in [1.54, 1.807) is 7.05 Å². The summed E-state index contributed by atoms with van der Waals surface area (Å²) in [6, 6.07) is -0.284. The van der Waals surface area contributed by atoms with Crippen LogP contribution in [0, 0.1) is 5.92 Å². The van der Waals surface area contributed by atoms with Crippen LogP contribution in [0.5, 0.6) is 0 Å². The van der Waals surface area contributed by atoms with Crippen molar-refractivity contribution in [2.24, 2.45) is 5.92 Å². The van der Waals surface area contributed by atoms with Gasteiger partial charge in [-0.05, 0) is 51.9 Å². The first-order chi connectivity index (χ1) is 8.58. The number of hydrogen-bond acceptors (Lipinski definition) is 4. The molecule has 2 saturated heterocycles. The van der Waals surface area contributed by atoms with Gasteiger partial charge in [-0.25, -0.2) is 0 Å². The average Bonchev–Trinajstić information content (AvgIpc) is 2.60. The molecule has 5 nitrogen and oxygen atoms in total. The summed E-state index contributed by atoms with van der Waals surface area (Å²) >= 11 is 0. The highest BCUT2D eigenvalue weighted by atomic mass is 16.2. The second-order valence-electron chi connectivity index (χ2n) is 5.54. The van der Waals surface area contributed by atoms with Gasteiger partial charge < -0.3 is 10.2 Å². The van der Waals surface area contributed by atoms with E-state index in [1.165, 1.54) is 30.8 Å². The minimum absolute atomic E-state index is 0.0724. The largest absolute Gasteiger partial charge is 0.306 e. The van der Waals surface area contributed by atoms with E-state index in [-0.39, 0.29) is 17.9 Å². The maximum atomic E-state index is 11.7. The Kier molecular flexibility index (Phi) is 4.35. The molecule has 0 aliphatic carbocycles. The van der Waals surface area contributed by atoms with Crippen LogP contribution in [-0.4, -0.2) is 61.4 Å². The first kappa shape index (κ1) is 13.5. The molecule has 0 radical (unpaired) electrons. The Labute approximate surface area is 108 Å². The summed E-state index contributed by atoms with van der Waals surface area (Å²) in [5.74, 6) is 0.610. The zero-order valence-corrected chi connectivity index (χ0v) is 11.3. The van der Waals surface area contributed by atoms with Gasteiger partial charge >= 0.3 is 0 Å². The van der Waals surface area contributed by atoms with E-state index in [1.807, 2.05) is 0 Å². The summed E-state index contributed by atoms with van der Waals surface area (Å²) in [4.78, 5) is 26.6. The van der Waals surface area contributed by atoms with E-state index in [2.05, 4.69) is 17.3 Å². The molecule has 2 fully saturated rings. The third-order valence-corrected chi connectivity index (χ3v) is 4.16. The van der Waals surface area contributed by atoms with Gasteiger partial charge in [-0.15, -0.1) is 0 Å². The highest BCUT2D eigenvalue weighted by Gasteiger charge is 2.35. The minimum atomic E-state index is -0.284. The topological polar surface area (TPSA) is 52.7 Å². The highest BCUT2D eigenvalue weighted by molar-refractivity contribution is 6.05. The lowest BCUT2D eigenvalue weighted by Gasteiger charge is -2.29. The summed E-state index contributed by atoms with van der Waals surface area (Å²) < 4.78 is 0. The molecule has 1 atom stereocenters. The van der Waals surface area contributed by atoms with Crippen LogP contribution in [0.1, 0.15) is 25.7 Å². The lowest BCUT2D eigenvalue weighted by Crippen LogP contribution is -2.38. The van der Waals surface area contributed by atoms with E-state index in [4.69, 9.17) is 0 Å². The number of amides is 2. The molecule has 0 aromatic carbocycles. The fourth-order valence-electron chi connectivity index (χ4n) is 2.73. The lowest BCUT2D eigenvalue weighted by molar-refractivity contribution is -0.137. The Hall–Kier alpha value is -0.940. The fourth-order valence-corrected chi connectivity index (χ4v) is 2.73. The molecule has 1 unspecified atom stereocenters. The normalized spacial score (nSPS) is 27.2. The van der Waals surface area contributed by atoms with Crippen molar-refractivity contribution in [2.45, 2.75) is 31.7 Å². The Balaban J connectivity index is 1.67. The molecule has 2 heterocycles. The van der Waals surface area contributed by atoms with E-state index in [0.29, 0.717) is 6.42 Å². The molecule has 2 rings (SSSR count). The molecule has 2 aliphatic heterocycles. The minimum Gasteiger partial charge on any atom is -0.306 e. The first-order valence-corrected chi connectivity index (χ1v) is 6.80. The zero-order chi connectivity index (χ0) is 13.1. The zero-order valence-electron chi connectivity index (χ0n) is 11.3. The quantitative estimate of drug-likeness (QED) is 0.720. The SMILES string of the molecule is CN1CCC(CCNC2CC(=O)N(C)C2=O)CC1. The van der Waals surface area contributed by atoms with Crippen LogP contribution < -0.4 is 5.32 Å². The first-order valence-electron chi connectivity index (χ1n) is 6.80. The number of imide groups is 1. The van der Waals surface area contributed by atoms with Gasteiger partial charge in [-0.1, -0.05) is 0 Å². The third kappa shape index (κ3) is 3.09. The Morgan fingerprint density at radius 1 is 1.22 bits per heavy atom. The molecule has 0 bridgehead atoms. The number of nitrogens with one attached hydrogen (secondary N) is 1. The second kappa shape index (κ2) is 5.80. The molecule has 1 N–H and O–H groups in total. The van der Waals surface area contributed by atoms with Crippen molar-refractivity contribution < 1.29 is 9.59 Å². The van der Waals surface area contributed by atoms with Gasteiger partial charge in [0.2, 0.25) is 11.8 Å². The summed E-state index contributed by atoms with van der Waals surface area (Å²) in [5, 5.41) is 3.23. The Morgan fingerprint density at radius 2 is 1.89 bits per heavy atom. The highest BCUT2D eigenvalue weighted by Crippen LogP contribution is 2.19. The number of nitrogens with zero attached hydrogens (tertiary/aromatic N) is 2. The lowest BCUT2D eigenvalue weighted by atomic mass is 9.94. The number of likely N-dealkylation sites (N-methyl/N-ethyl adjacent to an activating group) is 1. The van der Waals surface area contributed by atoms with Gasteiger partial charge in [0.05, 0.1) is 12.5 Å². The Morgan fingerprint density at radius 3 is 2.44 bits per heavy atom. The number of carbonyl (C=O) groups excluding carboxylic acids is 2. The summed E-state index contributed by atoms with van der Waals surface area (Å²) in [6.07, 6.45) is 3.92. The second-order valence-corrected chi connectivity index (χ2v) is 5.54. The van der Waals surface area contributed by atoms with Crippen LogP contribution in [-0.2, 0) is 9.59 Å². The van der Waals surface area contributed by atoms with Crippen LogP contribution in [0.15, 0.2) is 0 Å². The maximum Gasteiger partial charge on any atom is 0.246 e. The van der Waals surface area contributed by atoms with Crippen molar-refractivity contribution in [3.8, 4) is 0 Å². The van der Waals surface area contributed by atoms with E-state index < -0.39 is 0 Å². The fraction of sp³-hybridized carbons (Fsp3) is 0.846. The molecule has 0 aromatic heterocycles. The smallest absolute Gasteiger partial charge is 0.246 e. The number of rotatable bonds is 4. The van der Waals surface area contributed by atoms with Gasteiger partial charge in [0.1, 0.15) is 0 Å². The van der Waals surface area contributed by atoms with E-state index in [0.717, 1.165) is 18.9 Å². The number of likely N-dealkylation sites (tertiary alicyclic amines) is 2. The molecule has 0 saturated carbocycles. The van der Waals surface area contributed by atoms with Crippen LogP contribution in [0.3, 0.4) is 0 Å². The van der Waals surface area contributed by atoms with Gasteiger partial charge in [0, 0.05) is 7.05 Å². The molecule has 2 amide bonds. The standard InChI is InChI=1S/C13H23N3O2/c1-15-7-4-10(5-8-15)3-6-14-11-9-12(17)16(2)13(11)18/h10-11,14H,3-9H2,1-2H3.